The fraction of sp³-hybridized carbons (Fsp3) is 0.368. The standard InChI is InChI=1S/C19H20FN4O6PS/c20-15-16-13(11-29-31(27,30-16)28-10-4-8-21)32-18(15)24-9-7-14(23-19(24)26)22-17(25)12-5-2-1-3-6-12/h1-3,5-7,9,13,15-16,18,27,31H,4,10-11H2,(H,22,23,25,26)/t13-,15+,16-,18-/m1/s1. The minimum atomic E-state index is -4.06. The van der Waals surface area contributed by atoms with Crippen molar-refractivity contribution in [3.05, 3.63) is 58.6 Å². The Kier molecular flexibility index (Phi) is 6.85. The second-order valence-corrected chi connectivity index (χ2v) is 10.2. The Labute approximate surface area is 187 Å². The van der Waals surface area contributed by atoms with E-state index in [4.69, 9.17) is 18.8 Å². The summed E-state index contributed by atoms with van der Waals surface area (Å²) in [5, 5.41) is 9.70. The molecule has 0 bridgehead atoms. The summed E-state index contributed by atoms with van der Waals surface area (Å²) in [7, 11) is -4.06. The van der Waals surface area contributed by atoms with Crippen LogP contribution in [0.25, 0.3) is 0 Å². The third kappa shape index (κ3) is 4.83. The monoisotopic (exact) mass is 482 g/mol. The van der Waals surface area contributed by atoms with Crippen LogP contribution in [0.15, 0.2) is 47.4 Å². The van der Waals surface area contributed by atoms with Crippen molar-refractivity contribution in [2.45, 2.75) is 29.3 Å². The third-order valence-electron chi connectivity index (χ3n) is 4.86. The van der Waals surface area contributed by atoms with Gasteiger partial charge in [-0.1, -0.05) is 18.2 Å². The number of nitrogens with zero attached hydrogens (tertiary/aromatic N) is 3. The Bertz CT molecular complexity index is 1090. The Morgan fingerprint density at radius 3 is 2.94 bits per heavy atom. The van der Waals surface area contributed by atoms with Crippen LogP contribution in [-0.2, 0) is 13.6 Å². The molecule has 32 heavy (non-hydrogen) atoms. The summed E-state index contributed by atoms with van der Waals surface area (Å²) in [4.78, 5) is 39.0. The van der Waals surface area contributed by atoms with Gasteiger partial charge in [-0.3, -0.25) is 0 Å². The number of nitrogens with one attached hydrogen (secondary N) is 1. The summed E-state index contributed by atoms with van der Waals surface area (Å²) in [5.74, 6) is -0.380. The quantitative estimate of drug-likeness (QED) is 0.469. The van der Waals surface area contributed by atoms with E-state index in [-0.39, 0.29) is 25.5 Å². The van der Waals surface area contributed by atoms with Gasteiger partial charge in [0.15, 0.2) is 0 Å². The van der Waals surface area contributed by atoms with Gasteiger partial charge < -0.3 is 0 Å². The van der Waals surface area contributed by atoms with E-state index >= 15 is 4.39 Å². The minimum absolute atomic E-state index is 0.0189. The zero-order valence-corrected chi connectivity index (χ0v) is 18.4. The summed E-state index contributed by atoms with van der Waals surface area (Å²) in [5.41, 5.74) is -0.336. The fourth-order valence-corrected chi connectivity index (χ4v) is 6.63. The van der Waals surface area contributed by atoms with E-state index in [0.29, 0.717) is 5.56 Å². The van der Waals surface area contributed by atoms with E-state index in [1.54, 1.807) is 30.3 Å². The summed E-state index contributed by atoms with van der Waals surface area (Å²) in [6, 6.07) is 11.7. The molecule has 2 saturated heterocycles. The molecular weight excluding hydrogens is 462 g/mol. The molecule has 170 valence electrons. The van der Waals surface area contributed by atoms with Crippen LogP contribution < -0.4 is 11.0 Å². The van der Waals surface area contributed by atoms with Crippen molar-refractivity contribution < 1.29 is 27.6 Å². The molecule has 2 N–H and O–H groups in total. The molecule has 1 amide bonds. The second kappa shape index (κ2) is 9.62. The molecule has 0 aliphatic carbocycles. The SMILES string of the molecule is N#CCCO[PH]1(O)OC[C@H]2S[C@@H](n3ccc(NC(=O)c4ccccc4)nc3=O)[C@@H](F)[C@@H]2O1. The molecule has 2 aliphatic rings. The van der Waals surface area contributed by atoms with Gasteiger partial charge in [-0.05, 0) is 0 Å². The number of aromatic nitrogens is 2. The maximum atomic E-state index is 15.2. The molecule has 0 unspecified atom stereocenters. The number of rotatable bonds is 6. The van der Waals surface area contributed by atoms with Crippen LogP contribution in [0, 0.1) is 11.3 Å². The van der Waals surface area contributed by atoms with Crippen molar-refractivity contribution in [2.75, 3.05) is 18.5 Å². The van der Waals surface area contributed by atoms with E-state index in [2.05, 4.69) is 10.3 Å². The fourth-order valence-electron chi connectivity index (χ4n) is 3.34. The van der Waals surface area contributed by atoms with Gasteiger partial charge in [0.25, 0.3) is 0 Å². The maximum absolute atomic E-state index is 15.2. The number of benzene rings is 1. The number of carbonyl (C=O) groups excluding carboxylic acids is 1. The predicted octanol–water partition coefficient (Wildman–Crippen LogP) is 2.20. The second-order valence-electron chi connectivity index (χ2n) is 7.01. The molecule has 1 aromatic heterocycles. The molecule has 0 saturated carbocycles. The molecule has 4 rings (SSSR count). The van der Waals surface area contributed by atoms with Gasteiger partial charge in [0.2, 0.25) is 0 Å². The van der Waals surface area contributed by atoms with E-state index < -0.39 is 42.7 Å². The summed E-state index contributed by atoms with van der Waals surface area (Å²) < 4.78 is 32.2. The van der Waals surface area contributed by atoms with Crippen LogP contribution in [0.1, 0.15) is 22.2 Å². The van der Waals surface area contributed by atoms with Crippen molar-refractivity contribution in [3.63, 3.8) is 0 Å². The van der Waals surface area contributed by atoms with Crippen molar-refractivity contribution in [1.29, 1.82) is 5.26 Å². The molecule has 3 heterocycles. The summed E-state index contributed by atoms with van der Waals surface area (Å²) >= 11 is 1.13. The van der Waals surface area contributed by atoms with Gasteiger partial charge in [-0.2, -0.15) is 0 Å². The van der Waals surface area contributed by atoms with Crippen LogP contribution >= 0.6 is 19.9 Å². The van der Waals surface area contributed by atoms with Gasteiger partial charge in [-0.15, -0.1) is 0 Å². The zero-order chi connectivity index (χ0) is 22.7. The van der Waals surface area contributed by atoms with Crippen molar-refractivity contribution >= 4 is 31.7 Å². The average Bonchev–Trinajstić information content (AvgIpc) is 3.10. The molecule has 10 nitrogen and oxygen atoms in total. The molecule has 13 heteroatoms. The third-order valence-corrected chi connectivity index (χ3v) is 8.05. The number of anilines is 1. The van der Waals surface area contributed by atoms with E-state index in [9.17, 15) is 14.5 Å². The average molecular weight is 482 g/mol. The normalized spacial score (nSPS) is 27.2. The molecule has 0 spiro atoms. The molecule has 0 radical (unpaired) electrons. The van der Waals surface area contributed by atoms with E-state index in [0.717, 1.165) is 16.3 Å². The number of hydrogen-bond acceptors (Lipinski definition) is 9. The van der Waals surface area contributed by atoms with Crippen LogP contribution in [0.2, 0.25) is 0 Å². The summed E-state index contributed by atoms with van der Waals surface area (Å²) in [6.07, 6.45) is -1.30. The topological polar surface area (TPSA) is 136 Å². The van der Waals surface area contributed by atoms with Crippen molar-refractivity contribution in [2.24, 2.45) is 0 Å². The Morgan fingerprint density at radius 2 is 2.22 bits per heavy atom. The Balaban J connectivity index is 1.45. The number of halogens is 1. The number of alkyl halides is 1. The molecule has 4 atom stereocenters. The van der Waals surface area contributed by atoms with E-state index in [1.807, 2.05) is 6.07 Å². The van der Waals surface area contributed by atoms with Crippen LogP contribution in [-0.4, -0.2) is 51.1 Å². The van der Waals surface area contributed by atoms with Gasteiger partial charge in [0.05, 0.1) is 0 Å². The number of amides is 1. The number of fused-ring (bicyclic) bond motifs is 1. The first-order valence-corrected chi connectivity index (χ1v) is 12.3. The van der Waals surface area contributed by atoms with Crippen molar-refractivity contribution in [3.8, 4) is 6.07 Å². The van der Waals surface area contributed by atoms with Gasteiger partial charge in [0, 0.05) is 0 Å². The number of thioether (sulfide) groups is 1. The molecule has 1 aromatic carbocycles. The molecule has 2 aliphatic heterocycles. The van der Waals surface area contributed by atoms with Gasteiger partial charge in [0.1, 0.15) is 0 Å². The predicted molar refractivity (Wildman–Crippen MR) is 116 cm³/mol. The Hall–Kier alpha value is -2.39. The first kappa shape index (κ1) is 22.8. The number of nitriles is 1. The number of hydrogen-bond donors (Lipinski definition) is 2. The van der Waals surface area contributed by atoms with Gasteiger partial charge in [-0.25, -0.2) is 0 Å². The first-order chi connectivity index (χ1) is 15.4. The van der Waals surface area contributed by atoms with E-state index in [1.165, 1.54) is 12.3 Å². The summed E-state index contributed by atoms with van der Waals surface area (Å²) in [6.45, 7) is -0.113. The number of carbonyl (C=O) groups is 1. The van der Waals surface area contributed by atoms with Crippen molar-refractivity contribution in [1.82, 2.24) is 9.55 Å². The molecule has 2 fully saturated rings. The van der Waals surface area contributed by atoms with Crippen LogP contribution in [0.4, 0.5) is 10.2 Å². The Morgan fingerprint density at radius 1 is 1.44 bits per heavy atom. The van der Waals surface area contributed by atoms with Gasteiger partial charge >= 0.3 is 168 Å². The molecule has 2 aromatic rings. The zero-order valence-electron chi connectivity index (χ0n) is 16.6. The van der Waals surface area contributed by atoms with Crippen LogP contribution in [0.5, 0.6) is 0 Å². The van der Waals surface area contributed by atoms with Crippen LogP contribution in [0.3, 0.4) is 0 Å². The molecular formula is C19H20FN4O6PS. The first-order valence-electron chi connectivity index (χ1n) is 9.70.